The number of aliphatic hydroxyl groups excluding tert-OH is 2. The van der Waals surface area contributed by atoms with Gasteiger partial charge in [0.15, 0.2) is 0 Å². The van der Waals surface area contributed by atoms with Gasteiger partial charge >= 0.3 is 13.8 Å². The number of hydrogen-bond donors (Lipinski definition) is 3. The number of allylic oxidation sites excluding steroid dienone is 14. The molecule has 0 aromatic rings. The van der Waals surface area contributed by atoms with Crippen molar-refractivity contribution in [2.75, 3.05) is 33.0 Å². The van der Waals surface area contributed by atoms with Crippen molar-refractivity contribution in [1.29, 1.82) is 0 Å². The molecule has 0 rings (SSSR count). The summed E-state index contributed by atoms with van der Waals surface area (Å²) < 4.78 is 33.5. The Balaban J connectivity index is 4.17. The fourth-order valence-electron chi connectivity index (χ4n) is 6.35. The molecule has 0 saturated heterocycles. The largest absolute Gasteiger partial charge is 0.472 e. The second-order valence-corrected chi connectivity index (χ2v) is 17.5. The minimum absolute atomic E-state index is 0.0287. The number of esters is 1. The zero-order chi connectivity index (χ0) is 45.3. The average Bonchev–Trinajstić information content (AvgIpc) is 3.26. The lowest BCUT2D eigenvalue weighted by Gasteiger charge is -2.20. The summed E-state index contributed by atoms with van der Waals surface area (Å²) in [4.78, 5) is 22.7. The van der Waals surface area contributed by atoms with Crippen molar-refractivity contribution in [3.05, 3.63) is 85.1 Å². The van der Waals surface area contributed by atoms with Crippen LogP contribution in [0.15, 0.2) is 85.1 Å². The van der Waals surface area contributed by atoms with Gasteiger partial charge in [0.05, 0.1) is 26.4 Å². The molecule has 0 aliphatic carbocycles. The Morgan fingerprint density at radius 1 is 0.516 bits per heavy atom. The number of ether oxygens (including phenoxy) is 2. The van der Waals surface area contributed by atoms with E-state index in [0.29, 0.717) is 13.0 Å². The molecule has 0 aliphatic rings. The molecule has 0 saturated carbocycles. The third kappa shape index (κ3) is 47.1. The Labute approximate surface area is 379 Å². The van der Waals surface area contributed by atoms with E-state index in [4.69, 9.17) is 23.6 Å². The lowest BCUT2D eigenvalue weighted by molar-refractivity contribution is -0.154. The summed E-state index contributed by atoms with van der Waals surface area (Å²) in [5.41, 5.74) is 0. The van der Waals surface area contributed by atoms with Crippen LogP contribution in [0.5, 0.6) is 0 Å². The predicted molar refractivity (Wildman–Crippen MR) is 260 cm³/mol. The van der Waals surface area contributed by atoms with Crippen LogP contribution in [-0.2, 0) is 27.9 Å². The summed E-state index contributed by atoms with van der Waals surface area (Å²) in [7, 11) is -4.54. The zero-order valence-electron chi connectivity index (χ0n) is 39.3. The molecule has 0 spiro atoms. The first-order valence-corrected chi connectivity index (χ1v) is 26.1. The SMILES string of the molecule is CC/C=C\C/C=C\C/C=C\C/C=C\CCCCCCCOCC(COP(=O)(O)OCC(O)CO)OC(=O)CCCCCCCCCC/C=C\C/C=C\C/C=C\CCCCCCC. The summed E-state index contributed by atoms with van der Waals surface area (Å²) in [6, 6.07) is 0. The third-order valence-corrected chi connectivity index (χ3v) is 11.0. The van der Waals surface area contributed by atoms with Crippen molar-refractivity contribution in [1.82, 2.24) is 0 Å². The maximum Gasteiger partial charge on any atom is 0.472 e. The van der Waals surface area contributed by atoms with Gasteiger partial charge in [-0.2, -0.15) is 0 Å². The molecule has 62 heavy (non-hydrogen) atoms. The maximum absolute atomic E-state index is 12.7. The number of phosphoric acid groups is 1. The summed E-state index contributed by atoms with van der Waals surface area (Å²) in [6.07, 6.45) is 59.7. The summed E-state index contributed by atoms with van der Waals surface area (Å²) in [5.74, 6) is -0.399. The van der Waals surface area contributed by atoms with Gasteiger partial charge in [-0.05, 0) is 89.9 Å². The van der Waals surface area contributed by atoms with Crippen molar-refractivity contribution in [3.63, 3.8) is 0 Å². The van der Waals surface area contributed by atoms with Crippen molar-refractivity contribution in [2.24, 2.45) is 0 Å². The molecular formula is C52H91O9P. The molecule has 0 aromatic carbocycles. The normalized spacial score (nSPS) is 14.6. The first-order valence-electron chi connectivity index (χ1n) is 24.6. The fourth-order valence-corrected chi connectivity index (χ4v) is 7.14. The van der Waals surface area contributed by atoms with E-state index < -0.39 is 45.8 Å². The quantitative estimate of drug-likeness (QED) is 0.0236. The highest BCUT2D eigenvalue weighted by atomic mass is 31.2. The summed E-state index contributed by atoms with van der Waals surface area (Å²) in [5, 5.41) is 18.4. The zero-order valence-corrected chi connectivity index (χ0v) is 40.2. The van der Waals surface area contributed by atoms with Gasteiger partial charge < -0.3 is 24.6 Å². The fraction of sp³-hybridized carbons (Fsp3) is 0.712. The molecular weight excluding hydrogens is 800 g/mol. The number of phosphoric ester groups is 1. The smallest absolute Gasteiger partial charge is 0.457 e. The number of unbranched alkanes of at least 4 members (excludes halogenated alkanes) is 18. The monoisotopic (exact) mass is 891 g/mol. The molecule has 3 atom stereocenters. The number of aliphatic hydroxyl groups is 2. The first-order chi connectivity index (χ1) is 30.3. The lowest BCUT2D eigenvalue weighted by atomic mass is 10.1. The second kappa shape index (κ2) is 48.1. The van der Waals surface area contributed by atoms with Crippen LogP contribution in [0.1, 0.15) is 194 Å². The first kappa shape index (κ1) is 59.6. The van der Waals surface area contributed by atoms with Gasteiger partial charge in [0.2, 0.25) is 0 Å². The van der Waals surface area contributed by atoms with Gasteiger partial charge in [-0.15, -0.1) is 0 Å². The van der Waals surface area contributed by atoms with Gasteiger partial charge in [-0.25, -0.2) is 4.57 Å². The highest BCUT2D eigenvalue weighted by Crippen LogP contribution is 2.43. The van der Waals surface area contributed by atoms with E-state index in [9.17, 15) is 19.4 Å². The molecule has 0 aromatic heterocycles. The molecule has 10 heteroatoms. The van der Waals surface area contributed by atoms with Crippen LogP contribution >= 0.6 is 7.82 Å². The molecule has 0 amide bonds. The molecule has 0 heterocycles. The lowest BCUT2D eigenvalue weighted by Crippen LogP contribution is -2.29. The highest BCUT2D eigenvalue weighted by Gasteiger charge is 2.26. The van der Waals surface area contributed by atoms with Crippen molar-refractivity contribution in [2.45, 2.75) is 206 Å². The van der Waals surface area contributed by atoms with E-state index in [0.717, 1.165) is 103 Å². The summed E-state index contributed by atoms with van der Waals surface area (Å²) in [6.45, 7) is 3.33. The maximum atomic E-state index is 12.7. The molecule has 9 nitrogen and oxygen atoms in total. The Morgan fingerprint density at radius 2 is 0.919 bits per heavy atom. The molecule has 3 unspecified atom stereocenters. The van der Waals surface area contributed by atoms with Gasteiger partial charge in [0.25, 0.3) is 0 Å². The van der Waals surface area contributed by atoms with Crippen LogP contribution in [-0.4, -0.2) is 66.3 Å². The Morgan fingerprint density at radius 3 is 1.39 bits per heavy atom. The number of hydrogen-bond acceptors (Lipinski definition) is 8. The molecule has 3 N–H and O–H groups in total. The van der Waals surface area contributed by atoms with E-state index in [1.54, 1.807) is 0 Å². The Kier molecular flexibility index (Phi) is 46.3. The minimum atomic E-state index is -4.54. The van der Waals surface area contributed by atoms with Gasteiger partial charge in [0.1, 0.15) is 12.2 Å². The van der Waals surface area contributed by atoms with Crippen LogP contribution < -0.4 is 0 Å². The van der Waals surface area contributed by atoms with E-state index in [2.05, 4.69) is 98.9 Å². The van der Waals surface area contributed by atoms with Crippen LogP contribution in [0.25, 0.3) is 0 Å². The molecule has 0 radical (unpaired) electrons. The molecule has 0 bridgehead atoms. The van der Waals surface area contributed by atoms with E-state index >= 15 is 0 Å². The number of rotatable bonds is 46. The Hall–Kier alpha value is -2.36. The molecule has 0 fully saturated rings. The van der Waals surface area contributed by atoms with Gasteiger partial charge in [-0.1, -0.05) is 182 Å². The van der Waals surface area contributed by atoms with Gasteiger partial charge in [0, 0.05) is 13.0 Å². The van der Waals surface area contributed by atoms with Crippen LogP contribution in [0.3, 0.4) is 0 Å². The van der Waals surface area contributed by atoms with Gasteiger partial charge in [-0.3, -0.25) is 13.8 Å². The van der Waals surface area contributed by atoms with Crippen molar-refractivity contribution < 1.29 is 43.0 Å². The van der Waals surface area contributed by atoms with E-state index in [1.165, 1.54) is 64.2 Å². The Bertz CT molecular complexity index is 1240. The minimum Gasteiger partial charge on any atom is -0.457 e. The molecule has 358 valence electrons. The third-order valence-electron chi connectivity index (χ3n) is 10.1. The van der Waals surface area contributed by atoms with Crippen LogP contribution in [0.4, 0.5) is 0 Å². The van der Waals surface area contributed by atoms with Crippen LogP contribution in [0.2, 0.25) is 0 Å². The van der Waals surface area contributed by atoms with Crippen molar-refractivity contribution in [3.8, 4) is 0 Å². The van der Waals surface area contributed by atoms with Crippen LogP contribution in [0, 0.1) is 0 Å². The average molecular weight is 891 g/mol. The predicted octanol–water partition coefficient (Wildman–Crippen LogP) is 14.3. The van der Waals surface area contributed by atoms with Crippen molar-refractivity contribution >= 4 is 13.8 Å². The second-order valence-electron chi connectivity index (χ2n) is 16.1. The number of carbonyl (C=O) groups is 1. The standard InChI is InChI=1S/C52H91O9P/c1-3-5-7-9-11-13-15-17-19-21-23-24-25-26-27-28-30-32-34-36-38-40-42-44-52(55)61-51(49-60-62(56,57)59-47-50(54)46-53)48-58-45-43-41-39-37-35-33-31-29-22-20-18-16-14-12-10-8-6-4-2/h6,8,12,14-15,17-18,20-21,23,25-26,29,31,50-51,53-54H,3-5,7,9-11,13,16,19,22,24,27-28,30,32-49H2,1-2H3,(H,56,57)/b8-6-,14-12-,17-15-,20-18-,23-21-,26-25-,31-29-. The highest BCUT2D eigenvalue weighted by molar-refractivity contribution is 7.47. The summed E-state index contributed by atoms with van der Waals surface area (Å²) >= 11 is 0. The van der Waals surface area contributed by atoms with E-state index in [-0.39, 0.29) is 13.0 Å². The van der Waals surface area contributed by atoms with E-state index in [1.807, 2.05) is 0 Å². The molecule has 0 aliphatic heterocycles. The topological polar surface area (TPSA) is 132 Å². The number of carbonyl (C=O) groups excluding carboxylic acids is 1.